The lowest BCUT2D eigenvalue weighted by Crippen LogP contribution is -2.47. The second-order valence-electron chi connectivity index (χ2n) is 10.5. The maximum absolute atomic E-state index is 12.8. The molecule has 151 valence electrons. The number of ketones is 1. The van der Waals surface area contributed by atoms with Gasteiger partial charge in [-0.1, -0.05) is 20.8 Å². The van der Waals surface area contributed by atoms with Gasteiger partial charge in [-0.3, -0.25) is 4.79 Å². The molecule has 3 radical (unpaired) electrons. The molecule has 0 aliphatic heterocycles. The predicted octanol–water partition coefficient (Wildman–Crippen LogP) is 4.69. The van der Waals surface area contributed by atoms with Crippen molar-refractivity contribution in [3.05, 3.63) is 27.8 Å². The van der Waals surface area contributed by atoms with E-state index < -0.39 is 0 Å². The summed E-state index contributed by atoms with van der Waals surface area (Å²) in [6.45, 7) is 11.8. The summed E-state index contributed by atoms with van der Waals surface area (Å²) in [7, 11) is 3.20. The lowest BCUT2D eigenvalue weighted by atomic mass is 9.54. The van der Waals surface area contributed by atoms with Crippen molar-refractivity contribution in [1.82, 2.24) is 0 Å². The molecule has 0 amide bonds. The van der Waals surface area contributed by atoms with E-state index in [4.69, 9.17) is 10.2 Å². The van der Waals surface area contributed by atoms with Crippen LogP contribution in [0.25, 0.3) is 0 Å². The molecule has 0 heterocycles. The molecule has 2 fully saturated rings. The van der Waals surface area contributed by atoms with E-state index in [1.54, 1.807) is 5.56 Å². The fourth-order valence-electron chi connectivity index (χ4n) is 7.24. The van der Waals surface area contributed by atoms with Crippen molar-refractivity contribution in [3.63, 3.8) is 0 Å². The zero-order chi connectivity index (χ0) is 20.4. The number of carbonyl (C=O) groups excluding carboxylic acids is 1. The van der Waals surface area contributed by atoms with Gasteiger partial charge in [0.2, 0.25) is 10.5 Å². The number of anilines is 1. The molecule has 2 saturated carbocycles. The fourth-order valence-corrected chi connectivity index (χ4v) is 7.50. The minimum atomic E-state index is -0.264. The molecule has 2 N–H and O–H groups in total. The van der Waals surface area contributed by atoms with Gasteiger partial charge in [-0.2, -0.15) is 0 Å². The third-order valence-electron chi connectivity index (χ3n) is 8.29. The number of hydrogen-bond donors (Lipinski definition) is 1. The highest BCUT2D eigenvalue weighted by Crippen LogP contribution is 2.61. The zero-order valence-corrected chi connectivity index (χ0v) is 19.1. The van der Waals surface area contributed by atoms with Crippen molar-refractivity contribution in [1.29, 1.82) is 0 Å². The third-order valence-corrected chi connectivity index (χ3v) is 8.44. The van der Waals surface area contributed by atoms with E-state index in [-0.39, 0.29) is 10.8 Å². The molecule has 4 atom stereocenters. The van der Waals surface area contributed by atoms with Crippen LogP contribution in [0.15, 0.2) is 0 Å². The molecule has 1 aromatic rings. The highest BCUT2D eigenvalue weighted by atomic mass is 28.2. The molecule has 0 spiro atoms. The van der Waals surface area contributed by atoms with E-state index in [0.717, 1.165) is 37.8 Å². The Morgan fingerprint density at radius 2 is 1.86 bits per heavy atom. The lowest BCUT2D eigenvalue weighted by Gasteiger charge is -2.50. The lowest BCUT2D eigenvalue weighted by molar-refractivity contribution is -0.133. The second-order valence-corrected chi connectivity index (χ2v) is 10.8. The Morgan fingerprint density at radius 3 is 2.50 bits per heavy atom. The second kappa shape index (κ2) is 6.70. The van der Waals surface area contributed by atoms with Gasteiger partial charge in [0.25, 0.3) is 0 Å². The Bertz CT molecular complexity index is 825. The van der Waals surface area contributed by atoms with E-state index in [1.807, 2.05) is 0 Å². The molecule has 4 heteroatoms. The van der Waals surface area contributed by atoms with E-state index in [1.165, 1.54) is 28.7 Å². The highest BCUT2D eigenvalue weighted by Gasteiger charge is 2.57. The number of Topliss-reactive ketones (excluding diaryl/α,β-unsaturated/α-hetero) is 1. The van der Waals surface area contributed by atoms with E-state index >= 15 is 0 Å². The Morgan fingerprint density at radius 1 is 1.14 bits per heavy atom. The van der Waals surface area contributed by atoms with Crippen LogP contribution in [0, 0.1) is 31.1 Å². The summed E-state index contributed by atoms with van der Waals surface area (Å²) in [4.78, 5) is 12.8. The van der Waals surface area contributed by atoms with Crippen molar-refractivity contribution in [3.8, 4) is 0 Å². The smallest absolute Gasteiger partial charge is 0.246 e. The summed E-state index contributed by atoms with van der Waals surface area (Å²) in [5, 5.41) is 0. The van der Waals surface area contributed by atoms with Crippen LogP contribution in [0.5, 0.6) is 0 Å². The largest absolute Gasteiger partial charge is 0.418 e. The average Bonchev–Trinajstić information content (AvgIpc) is 2.95. The molecule has 0 unspecified atom stereocenters. The molecule has 0 saturated heterocycles. The van der Waals surface area contributed by atoms with Crippen LogP contribution < -0.4 is 5.73 Å². The first-order chi connectivity index (χ1) is 13.1. The monoisotopic (exact) mass is 396 g/mol. The maximum Gasteiger partial charge on any atom is 0.246 e. The first-order valence-electron chi connectivity index (χ1n) is 10.9. The highest BCUT2D eigenvalue weighted by molar-refractivity contribution is 5.98. The quantitative estimate of drug-likeness (QED) is 0.583. The SMILES string of the molecule is Cc1c(N)c(C(C)(C)C)c(C)c2c1[C@H]1CC[C@]3(CO[Si])C(=O)CC[C@H]3[C@@H]1CC2. The summed E-state index contributed by atoms with van der Waals surface area (Å²) >= 11 is 0. The van der Waals surface area contributed by atoms with Crippen molar-refractivity contribution < 1.29 is 9.22 Å². The van der Waals surface area contributed by atoms with Crippen LogP contribution in [0.3, 0.4) is 0 Å². The predicted molar refractivity (Wildman–Crippen MR) is 115 cm³/mol. The number of nitrogen functional groups attached to an aromatic ring is 1. The van der Waals surface area contributed by atoms with Gasteiger partial charge in [-0.05, 0) is 96.9 Å². The number of benzene rings is 1. The summed E-state index contributed by atoms with van der Waals surface area (Å²) in [5.41, 5.74) is 14.6. The zero-order valence-electron chi connectivity index (χ0n) is 18.1. The minimum absolute atomic E-state index is 0.0530. The summed E-state index contributed by atoms with van der Waals surface area (Å²) in [5.74, 6) is 1.99. The Balaban J connectivity index is 1.81. The van der Waals surface area contributed by atoms with Gasteiger partial charge in [-0.25, -0.2) is 0 Å². The van der Waals surface area contributed by atoms with Gasteiger partial charge >= 0.3 is 0 Å². The Labute approximate surface area is 173 Å². The van der Waals surface area contributed by atoms with Crippen LogP contribution in [-0.4, -0.2) is 22.9 Å². The number of nitrogens with two attached hydrogens (primary N) is 1. The van der Waals surface area contributed by atoms with Crippen molar-refractivity contribution in [2.75, 3.05) is 12.3 Å². The van der Waals surface area contributed by atoms with Gasteiger partial charge in [0.15, 0.2) is 0 Å². The number of rotatable bonds is 2. The van der Waals surface area contributed by atoms with Crippen LogP contribution >= 0.6 is 0 Å². The van der Waals surface area contributed by atoms with Gasteiger partial charge in [0.1, 0.15) is 5.78 Å². The van der Waals surface area contributed by atoms with E-state index in [0.29, 0.717) is 30.1 Å². The van der Waals surface area contributed by atoms with Gasteiger partial charge < -0.3 is 10.2 Å². The molecular formula is C24H34NO2Si. The van der Waals surface area contributed by atoms with Crippen molar-refractivity contribution >= 4 is 22.0 Å². The van der Waals surface area contributed by atoms with Crippen LogP contribution in [0.2, 0.25) is 0 Å². The number of carbonyl (C=O) groups is 1. The van der Waals surface area contributed by atoms with Crippen LogP contribution in [0.4, 0.5) is 5.69 Å². The first kappa shape index (κ1) is 20.2. The Hall–Kier alpha value is -1.13. The topological polar surface area (TPSA) is 52.3 Å². The van der Waals surface area contributed by atoms with Crippen molar-refractivity contribution in [2.45, 2.75) is 84.5 Å². The van der Waals surface area contributed by atoms with Crippen LogP contribution in [0.1, 0.15) is 86.6 Å². The summed E-state index contributed by atoms with van der Waals surface area (Å²) in [6.07, 6.45) is 6.07. The summed E-state index contributed by atoms with van der Waals surface area (Å²) in [6, 6.07) is 0. The third kappa shape index (κ3) is 2.67. The molecular weight excluding hydrogens is 362 g/mol. The fraction of sp³-hybridized carbons (Fsp3) is 0.708. The summed E-state index contributed by atoms with van der Waals surface area (Å²) < 4.78 is 5.39. The van der Waals surface area contributed by atoms with E-state index in [9.17, 15) is 4.79 Å². The first-order valence-corrected chi connectivity index (χ1v) is 11.3. The van der Waals surface area contributed by atoms with E-state index in [2.05, 4.69) is 45.1 Å². The maximum atomic E-state index is 12.8. The van der Waals surface area contributed by atoms with Gasteiger partial charge in [0.05, 0.1) is 5.41 Å². The van der Waals surface area contributed by atoms with Crippen molar-refractivity contribution in [2.24, 2.45) is 17.3 Å². The molecule has 0 bridgehead atoms. The molecule has 0 aromatic heterocycles. The van der Waals surface area contributed by atoms with Crippen LogP contribution in [-0.2, 0) is 21.1 Å². The average molecular weight is 397 g/mol. The Kier molecular flexibility index (Phi) is 4.82. The number of fused-ring (bicyclic) bond motifs is 5. The molecule has 1 aromatic carbocycles. The molecule has 3 aliphatic rings. The normalized spacial score (nSPS) is 32.1. The van der Waals surface area contributed by atoms with Gasteiger partial charge in [0, 0.05) is 18.7 Å². The standard InChI is InChI=1S/C24H34NO2Si/c1-13-15-6-7-16-17(20(15)14(2)22(25)21(13)23(3,4)5)10-11-24(12-27-28)18(16)8-9-19(24)26/h16-18H,6-12,25H2,1-5H3/t16-,17+,18+,24-/m1/s1. The molecule has 3 aliphatic carbocycles. The molecule has 4 rings (SSSR count). The number of hydrogen-bond acceptors (Lipinski definition) is 3. The molecule has 28 heavy (non-hydrogen) atoms. The minimum Gasteiger partial charge on any atom is -0.418 e. The molecule has 3 nitrogen and oxygen atoms in total. The van der Waals surface area contributed by atoms with Gasteiger partial charge in [-0.15, -0.1) is 0 Å².